The van der Waals surface area contributed by atoms with E-state index in [2.05, 4.69) is 4.98 Å². The molecule has 0 radical (unpaired) electrons. The molecule has 0 saturated carbocycles. The van der Waals surface area contributed by atoms with E-state index in [1.54, 1.807) is 30.5 Å². The Morgan fingerprint density at radius 2 is 1.85 bits per heavy atom. The van der Waals surface area contributed by atoms with Gasteiger partial charge in [-0.15, -0.1) is 0 Å². The summed E-state index contributed by atoms with van der Waals surface area (Å²) in [6, 6.07) is 8.46. The van der Waals surface area contributed by atoms with Crippen LogP contribution in [0.2, 0.25) is 0 Å². The van der Waals surface area contributed by atoms with Crippen molar-refractivity contribution >= 4 is 16.6 Å². The van der Waals surface area contributed by atoms with Gasteiger partial charge in [-0.1, -0.05) is 18.2 Å². The molecule has 13 heavy (non-hydrogen) atoms. The van der Waals surface area contributed by atoms with Gasteiger partial charge in [0, 0.05) is 17.0 Å². The van der Waals surface area contributed by atoms with Crippen molar-refractivity contribution in [2.24, 2.45) is 0 Å². The summed E-state index contributed by atoms with van der Waals surface area (Å²) in [5, 5.41) is 1.31. The van der Waals surface area contributed by atoms with Gasteiger partial charge in [0.1, 0.15) is 5.82 Å². The molecule has 0 unspecified atom stereocenters. The summed E-state index contributed by atoms with van der Waals surface area (Å²) in [6.45, 7) is 0. The normalized spacial score (nSPS) is 10.2. The monoisotopic (exact) mass is 172 g/mol. The van der Waals surface area contributed by atoms with Crippen molar-refractivity contribution in [2.45, 2.75) is 0 Å². The first-order valence-electron chi connectivity index (χ1n) is 3.92. The Balaban J connectivity index is 3.08. The maximum absolute atomic E-state index is 11.4. The Hall–Kier alpha value is -1.90. The van der Waals surface area contributed by atoms with Crippen LogP contribution in [-0.4, -0.2) is 4.98 Å². The van der Waals surface area contributed by atoms with E-state index in [1.165, 1.54) is 6.07 Å². The first-order chi connectivity index (χ1) is 6.29. The van der Waals surface area contributed by atoms with Gasteiger partial charge in [0.15, 0.2) is 5.43 Å². The fourth-order valence-corrected chi connectivity index (χ4v) is 1.26. The van der Waals surface area contributed by atoms with Crippen LogP contribution in [0.1, 0.15) is 0 Å². The zero-order chi connectivity index (χ0) is 9.26. The van der Waals surface area contributed by atoms with Gasteiger partial charge in [-0.25, -0.2) is 4.98 Å². The molecule has 0 spiro atoms. The molecule has 3 heteroatoms. The average molecular weight is 172 g/mol. The molecule has 3 nitrogen and oxygen atoms in total. The minimum atomic E-state index is -0.0332. The van der Waals surface area contributed by atoms with Crippen LogP contribution in [-0.2, 0) is 0 Å². The van der Waals surface area contributed by atoms with Crippen molar-refractivity contribution in [1.29, 1.82) is 0 Å². The molecule has 2 rings (SSSR count). The molecule has 0 atom stereocenters. The summed E-state index contributed by atoms with van der Waals surface area (Å²) in [7, 11) is 0. The number of anilines is 1. The maximum Gasteiger partial charge on any atom is 0.186 e. The molecule has 0 amide bonds. The average Bonchev–Trinajstić information content (AvgIpc) is 2.30. The standard InChI is InChI=1S/C10H8N2O/c11-10-8-3-1-2-4-9(13)7(8)5-6-12-10/h1-6H,(H2,11,12). The molecular formula is C10H8N2O. The highest BCUT2D eigenvalue weighted by atomic mass is 16.1. The molecule has 1 heterocycles. The second-order valence-corrected chi connectivity index (χ2v) is 2.74. The van der Waals surface area contributed by atoms with Crippen molar-refractivity contribution in [3.05, 3.63) is 46.8 Å². The molecular weight excluding hydrogens is 164 g/mol. The van der Waals surface area contributed by atoms with Gasteiger partial charge in [-0.3, -0.25) is 4.79 Å². The quantitative estimate of drug-likeness (QED) is 0.649. The Kier molecular flexibility index (Phi) is 1.70. The minimum Gasteiger partial charge on any atom is -0.383 e. The second kappa shape index (κ2) is 2.86. The van der Waals surface area contributed by atoms with Crippen LogP contribution in [0.15, 0.2) is 41.3 Å². The van der Waals surface area contributed by atoms with Crippen molar-refractivity contribution in [3.8, 4) is 0 Å². The van der Waals surface area contributed by atoms with Crippen molar-refractivity contribution in [2.75, 3.05) is 5.73 Å². The van der Waals surface area contributed by atoms with Crippen molar-refractivity contribution in [1.82, 2.24) is 4.98 Å². The van der Waals surface area contributed by atoms with E-state index in [9.17, 15) is 4.79 Å². The number of nitrogen functional groups attached to an aromatic ring is 1. The largest absolute Gasteiger partial charge is 0.383 e. The van der Waals surface area contributed by atoms with Gasteiger partial charge in [-0.05, 0) is 12.1 Å². The summed E-state index contributed by atoms with van der Waals surface area (Å²) >= 11 is 0. The van der Waals surface area contributed by atoms with Gasteiger partial charge in [0.2, 0.25) is 0 Å². The highest BCUT2D eigenvalue weighted by Gasteiger charge is 1.98. The SMILES string of the molecule is Nc1nccc2c(=O)ccccc12. The van der Waals surface area contributed by atoms with E-state index < -0.39 is 0 Å². The van der Waals surface area contributed by atoms with Gasteiger partial charge < -0.3 is 5.73 Å². The lowest BCUT2D eigenvalue weighted by Gasteiger charge is -1.94. The molecule has 1 aromatic carbocycles. The van der Waals surface area contributed by atoms with Gasteiger partial charge in [-0.2, -0.15) is 0 Å². The first-order valence-corrected chi connectivity index (χ1v) is 3.92. The number of nitrogens with two attached hydrogens (primary N) is 1. The molecule has 2 aromatic rings. The third-order valence-corrected chi connectivity index (χ3v) is 1.91. The lowest BCUT2D eigenvalue weighted by molar-refractivity contribution is 1.37. The molecule has 2 N–H and O–H groups in total. The summed E-state index contributed by atoms with van der Waals surface area (Å²) in [4.78, 5) is 15.4. The Labute approximate surface area is 74.8 Å². The van der Waals surface area contributed by atoms with Crippen LogP contribution in [0.4, 0.5) is 5.82 Å². The third kappa shape index (κ3) is 1.24. The number of pyridine rings is 1. The van der Waals surface area contributed by atoms with E-state index >= 15 is 0 Å². The van der Waals surface area contributed by atoms with Crippen LogP contribution in [0.25, 0.3) is 10.8 Å². The molecule has 64 valence electrons. The smallest absolute Gasteiger partial charge is 0.186 e. The number of hydrogen-bond donors (Lipinski definition) is 1. The fourth-order valence-electron chi connectivity index (χ4n) is 1.26. The van der Waals surface area contributed by atoms with Crippen LogP contribution < -0.4 is 11.2 Å². The van der Waals surface area contributed by atoms with E-state index in [-0.39, 0.29) is 5.43 Å². The van der Waals surface area contributed by atoms with Crippen LogP contribution in [0, 0.1) is 0 Å². The zero-order valence-electron chi connectivity index (χ0n) is 6.90. The molecule has 0 aliphatic rings. The number of hydrogen-bond acceptors (Lipinski definition) is 3. The summed E-state index contributed by atoms with van der Waals surface area (Å²) < 4.78 is 0. The number of rotatable bonds is 0. The predicted molar refractivity (Wildman–Crippen MR) is 52.4 cm³/mol. The molecule has 0 bridgehead atoms. The second-order valence-electron chi connectivity index (χ2n) is 2.74. The summed E-state index contributed by atoms with van der Waals surface area (Å²) in [5.41, 5.74) is 5.60. The highest BCUT2D eigenvalue weighted by molar-refractivity contribution is 5.89. The lowest BCUT2D eigenvalue weighted by Crippen LogP contribution is -1.97. The lowest BCUT2D eigenvalue weighted by atomic mass is 10.2. The number of nitrogens with zero attached hydrogens (tertiary/aromatic N) is 1. The molecule has 0 aliphatic heterocycles. The maximum atomic E-state index is 11.4. The number of aromatic nitrogens is 1. The first kappa shape index (κ1) is 7.73. The van der Waals surface area contributed by atoms with E-state index in [0.717, 1.165) is 0 Å². The number of fused-ring (bicyclic) bond motifs is 1. The summed E-state index contributed by atoms with van der Waals surface area (Å²) in [5.74, 6) is 0.394. The van der Waals surface area contributed by atoms with Gasteiger partial charge in [0.25, 0.3) is 0 Å². The highest BCUT2D eigenvalue weighted by Crippen LogP contribution is 2.12. The van der Waals surface area contributed by atoms with Gasteiger partial charge >= 0.3 is 0 Å². The third-order valence-electron chi connectivity index (χ3n) is 1.91. The van der Waals surface area contributed by atoms with E-state index in [4.69, 9.17) is 5.73 Å². The molecule has 1 aromatic heterocycles. The van der Waals surface area contributed by atoms with Crippen LogP contribution in [0.5, 0.6) is 0 Å². The van der Waals surface area contributed by atoms with Crippen LogP contribution in [0.3, 0.4) is 0 Å². The fraction of sp³-hybridized carbons (Fsp3) is 0. The Morgan fingerprint density at radius 3 is 2.69 bits per heavy atom. The Morgan fingerprint density at radius 1 is 1.08 bits per heavy atom. The van der Waals surface area contributed by atoms with E-state index in [1.807, 2.05) is 0 Å². The minimum absolute atomic E-state index is 0.0332. The van der Waals surface area contributed by atoms with Crippen molar-refractivity contribution in [3.63, 3.8) is 0 Å². The van der Waals surface area contributed by atoms with Crippen molar-refractivity contribution < 1.29 is 0 Å². The summed E-state index contributed by atoms with van der Waals surface area (Å²) in [6.07, 6.45) is 1.54. The van der Waals surface area contributed by atoms with Crippen LogP contribution >= 0.6 is 0 Å². The Bertz CT molecular complexity index is 508. The topological polar surface area (TPSA) is 56.0 Å². The predicted octanol–water partition coefficient (Wildman–Crippen LogP) is 1.18. The molecule has 0 aliphatic carbocycles. The zero-order valence-corrected chi connectivity index (χ0v) is 6.90. The molecule has 0 saturated heterocycles. The molecule has 0 fully saturated rings. The van der Waals surface area contributed by atoms with E-state index in [0.29, 0.717) is 16.6 Å². The van der Waals surface area contributed by atoms with Gasteiger partial charge in [0.05, 0.1) is 0 Å².